The molecule has 1 amide bonds. The fourth-order valence-electron chi connectivity index (χ4n) is 8.48. The molecule has 222 valence electrons. The molecule has 0 bridgehead atoms. The Bertz CT molecular complexity index is 1170. The van der Waals surface area contributed by atoms with E-state index in [4.69, 9.17) is 4.74 Å². The van der Waals surface area contributed by atoms with Crippen molar-refractivity contribution in [1.82, 2.24) is 25.3 Å². The molecule has 3 heterocycles. The Kier molecular flexibility index (Phi) is 8.49. The Morgan fingerprint density at radius 3 is 2.90 bits per heavy atom. The van der Waals surface area contributed by atoms with Gasteiger partial charge in [-0.2, -0.15) is 5.26 Å². The van der Waals surface area contributed by atoms with Crippen LogP contribution in [0.25, 0.3) is 0 Å². The molecule has 41 heavy (non-hydrogen) atoms. The van der Waals surface area contributed by atoms with E-state index in [0.717, 1.165) is 63.6 Å². The molecule has 3 aliphatic heterocycles. The highest BCUT2D eigenvalue weighted by Gasteiger charge is 2.50. The number of rotatable bonds is 6. The number of halogens is 1. The first-order chi connectivity index (χ1) is 19.9. The Hall–Kier alpha value is -2.35. The smallest absolute Gasteiger partial charge is 0.246 e. The van der Waals surface area contributed by atoms with E-state index in [1.54, 1.807) is 6.07 Å². The van der Waals surface area contributed by atoms with Crippen molar-refractivity contribution < 1.29 is 13.9 Å². The van der Waals surface area contributed by atoms with Crippen LogP contribution >= 0.6 is 0 Å². The van der Waals surface area contributed by atoms with Crippen LogP contribution in [0.1, 0.15) is 56.1 Å². The molecule has 3 saturated heterocycles. The van der Waals surface area contributed by atoms with Crippen LogP contribution in [0, 0.1) is 28.5 Å². The molecule has 2 N–H and O–H groups in total. The summed E-state index contributed by atoms with van der Waals surface area (Å²) in [4.78, 5) is 19.2. The molecule has 6 rings (SSSR count). The maximum Gasteiger partial charge on any atom is 0.246 e. The number of hydrogen-bond acceptors (Lipinski definition) is 7. The van der Waals surface area contributed by atoms with E-state index in [-0.39, 0.29) is 41.7 Å². The SMILES string of the molecule is C=CC(=O)N1CCN(C2NC(OC[C@H]3CCCN3C)NC3C[C@]4(CCc5c(F)cccc5C4)CCC32)C[C@H]1CC#N. The van der Waals surface area contributed by atoms with E-state index >= 15 is 0 Å². The van der Waals surface area contributed by atoms with Crippen molar-refractivity contribution in [2.24, 2.45) is 11.3 Å². The standard InChI is InChI=1S/C32H45FN6O2/c1-3-29(40)39-17-16-38(20-23(39)11-14-34)30-26-10-13-32(12-9-25-22(18-32)6-4-8-27(25)33)19-28(26)35-31(36-30)41-21-24-7-5-15-37(24)2/h3-4,6,8,23-24,26,28,30-31,35-36H,1,5,7,9-13,15-21H2,2H3/t23-,24-,26?,28?,30?,31?,32-/m1/s1. The van der Waals surface area contributed by atoms with Crippen LogP contribution in [0.5, 0.6) is 0 Å². The first kappa shape index (κ1) is 28.8. The van der Waals surface area contributed by atoms with E-state index in [0.29, 0.717) is 38.1 Å². The van der Waals surface area contributed by atoms with E-state index in [1.807, 2.05) is 11.0 Å². The summed E-state index contributed by atoms with van der Waals surface area (Å²) in [5.74, 6) is 0.224. The Morgan fingerprint density at radius 2 is 2.12 bits per heavy atom. The summed E-state index contributed by atoms with van der Waals surface area (Å²) in [5.41, 5.74) is 2.26. The number of nitrogens with one attached hydrogen (secondary N) is 2. The largest absolute Gasteiger partial charge is 0.348 e. The normalized spacial score (nSPS) is 36.0. The molecule has 0 radical (unpaired) electrons. The maximum absolute atomic E-state index is 14.5. The predicted octanol–water partition coefficient (Wildman–Crippen LogP) is 3.00. The summed E-state index contributed by atoms with van der Waals surface area (Å²) in [6.07, 6.45) is 9.89. The number of ether oxygens (including phenoxy) is 1. The van der Waals surface area contributed by atoms with E-state index in [1.165, 1.54) is 18.1 Å². The van der Waals surface area contributed by atoms with Gasteiger partial charge in [-0.3, -0.25) is 20.3 Å². The number of carbonyl (C=O) groups excluding carboxylic acids is 1. The van der Waals surface area contributed by atoms with Gasteiger partial charge in [-0.25, -0.2) is 4.39 Å². The zero-order valence-electron chi connectivity index (χ0n) is 24.4. The second-order valence-corrected chi connectivity index (χ2v) is 13.1. The van der Waals surface area contributed by atoms with Crippen molar-refractivity contribution in [3.05, 3.63) is 47.8 Å². The Labute approximate surface area is 243 Å². The van der Waals surface area contributed by atoms with Gasteiger partial charge in [0.1, 0.15) is 5.82 Å². The van der Waals surface area contributed by atoms with Crippen LogP contribution in [0.15, 0.2) is 30.9 Å². The molecular formula is C32H45FN6O2. The molecule has 0 aromatic heterocycles. The van der Waals surface area contributed by atoms with Gasteiger partial charge in [0.25, 0.3) is 0 Å². The third-order valence-electron chi connectivity index (χ3n) is 10.8. The minimum atomic E-state index is -0.263. The minimum Gasteiger partial charge on any atom is -0.348 e. The van der Waals surface area contributed by atoms with E-state index in [2.05, 4.69) is 46.2 Å². The summed E-state index contributed by atoms with van der Waals surface area (Å²) in [6.45, 7) is 7.46. The van der Waals surface area contributed by atoms with Gasteiger partial charge in [0, 0.05) is 37.6 Å². The number of likely N-dealkylation sites (N-methyl/N-ethyl adjacent to an activating group) is 1. The van der Waals surface area contributed by atoms with Crippen LogP contribution in [-0.4, -0.2) is 91.1 Å². The lowest BCUT2D eigenvalue weighted by Crippen LogP contribution is -2.72. The molecule has 5 aliphatic rings. The van der Waals surface area contributed by atoms with Crippen molar-refractivity contribution in [2.75, 3.05) is 39.8 Å². The van der Waals surface area contributed by atoms with Gasteiger partial charge in [-0.1, -0.05) is 18.7 Å². The van der Waals surface area contributed by atoms with Gasteiger partial charge in [0.05, 0.1) is 31.3 Å². The average molecular weight is 565 g/mol. The lowest BCUT2D eigenvalue weighted by molar-refractivity contribution is -0.137. The maximum atomic E-state index is 14.5. The van der Waals surface area contributed by atoms with Gasteiger partial charge in [0.15, 0.2) is 6.35 Å². The summed E-state index contributed by atoms with van der Waals surface area (Å²) in [6, 6.07) is 8.43. The molecule has 9 heteroatoms. The topological polar surface area (TPSA) is 83.9 Å². The number of carbonyl (C=O) groups is 1. The third kappa shape index (κ3) is 5.82. The van der Waals surface area contributed by atoms with Crippen LogP contribution < -0.4 is 10.6 Å². The number of nitrogens with zero attached hydrogens (tertiary/aromatic N) is 4. The molecule has 1 spiro atoms. The Balaban J connectivity index is 1.21. The van der Waals surface area contributed by atoms with Gasteiger partial charge in [0.2, 0.25) is 5.91 Å². The van der Waals surface area contributed by atoms with Gasteiger partial charge in [-0.15, -0.1) is 0 Å². The van der Waals surface area contributed by atoms with Crippen LogP contribution in [-0.2, 0) is 22.4 Å². The highest BCUT2D eigenvalue weighted by atomic mass is 19.1. The fourth-order valence-corrected chi connectivity index (χ4v) is 8.48. The van der Waals surface area contributed by atoms with Crippen LogP contribution in [0.3, 0.4) is 0 Å². The molecule has 8 nitrogen and oxygen atoms in total. The van der Waals surface area contributed by atoms with Gasteiger partial charge in [-0.05, 0) is 93.6 Å². The van der Waals surface area contributed by atoms with Gasteiger partial charge >= 0.3 is 0 Å². The number of piperazine rings is 1. The monoisotopic (exact) mass is 564 g/mol. The van der Waals surface area contributed by atoms with Crippen molar-refractivity contribution in [1.29, 1.82) is 5.26 Å². The summed E-state index contributed by atoms with van der Waals surface area (Å²) in [5, 5.41) is 17.2. The second-order valence-electron chi connectivity index (χ2n) is 13.1. The van der Waals surface area contributed by atoms with E-state index < -0.39 is 0 Å². The number of nitriles is 1. The first-order valence-electron chi connectivity index (χ1n) is 15.5. The number of benzene rings is 1. The zero-order valence-corrected chi connectivity index (χ0v) is 24.4. The quantitative estimate of drug-likeness (QED) is 0.514. The molecule has 4 fully saturated rings. The van der Waals surface area contributed by atoms with E-state index in [9.17, 15) is 14.4 Å². The van der Waals surface area contributed by atoms with Crippen molar-refractivity contribution in [3.63, 3.8) is 0 Å². The zero-order chi connectivity index (χ0) is 28.6. The highest BCUT2D eigenvalue weighted by Crippen LogP contribution is 2.50. The summed E-state index contributed by atoms with van der Waals surface area (Å²) < 4.78 is 21.1. The number of fused-ring (bicyclic) bond motifs is 2. The molecule has 7 atom stereocenters. The fraction of sp³-hybridized carbons (Fsp3) is 0.688. The van der Waals surface area contributed by atoms with Crippen molar-refractivity contribution >= 4 is 5.91 Å². The highest BCUT2D eigenvalue weighted by molar-refractivity contribution is 5.87. The number of likely N-dealkylation sites (tertiary alicyclic amines) is 1. The van der Waals surface area contributed by atoms with Gasteiger partial charge < -0.3 is 14.5 Å². The molecular weight excluding hydrogens is 519 g/mol. The lowest BCUT2D eigenvalue weighted by atomic mass is 9.59. The second kappa shape index (κ2) is 12.1. The van der Waals surface area contributed by atoms with Crippen LogP contribution in [0.2, 0.25) is 0 Å². The average Bonchev–Trinajstić information content (AvgIpc) is 3.39. The molecule has 1 saturated carbocycles. The minimum absolute atomic E-state index is 0.0579. The molecule has 1 aromatic carbocycles. The predicted molar refractivity (Wildman–Crippen MR) is 155 cm³/mol. The Morgan fingerprint density at radius 1 is 1.24 bits per heavy atom. The molecule has 2 aliphatic carbocycles. The number of hydrogen-bond donors (Lipinski definition) is 2. The molecule has 1 aromatic rings. The van der Waals surface area contributed by atoms with Crippen molar-refractivity contribution in [3.8, 4) is 6.07 Å². The first-order valence-corrected chi connectivity index (χ1v) is 15.5. The summed E-state index contributed by atoms with van der Waals surface area (Å²) in [7, 11) is 2.18. The van der Waals surface area contributed by atoms with Crippen LogP contribution in [0.4, 0.5) is 4.39 Å². The third-order valence-corrected chi connectivity index (χ3v) is 10.8. The molecule has 4 unspecified atom stereocenters. The number of amides is 1. The lowest BCUT2D eigenvalue weighted by Gasteiger charge is -2.56. The summed E-state index contributed by atoms with van der Waals surface area (Å²) >= 11 is 0. The van der Waals surface area contributed by atoms with Crippen molar-refractivity contribution in [2.45, 2.75) is 88.4 Å².